The molecule has 3 aromatic carbocycles. The van der Waals surface area contributed by atoms with E-state index in [0.29, 0.717) is 53.4 Å². The summed E-state index contributed by atoms with van der Waals surface area (Å²) in [4.78, 5) is 12.6. The molecular formula is C27H29ClN2O5. The monoisotopic (exact) mass is 496 g/mol. The molecule has 0 saturated carbocycles. The van der Waals surface area contributed by atoms with Gasteiger partial charge in [0.05, 0.1) is 26.5 Å². The minimum Gasteiger partial charge on any atom is -0.493 e. The van der Waals surface area contributed by atoms with Gasteiger partial charge in [0.2, 0.25) is 0 Å². The molecule has 0 radical (unpaired) electrons. The minimum absolute atomic E-state index is 0.354. The number of hydrogen-bond acceptors (Lipinski definition) is 6. The highest BCUT2D eigenvalue weighted by Gasteiger charge is 2.11. The third-order valence-electron chi connectivity index (χ3n) is 4.82. The second-order valence-electron chi connectivity index (χ2n) is 7.47. The molecule has 0 heterocycles. The van der Waals surface area contributed by atoms with Gasteiger partial charge in [-0.2, -0.15) is 5.10 Å². The van der Waals surface area contributed by atoms with Crippen molar-refractivity contribution < 1.29 is 23.7 Å². The maximum atomic E-state index is 12.6. The van der Waals surface area contributed by atoms with E-state index in [4.69, 9.17) is 30.5 Å². The van der Waals surface area contributed by atoms with Crippen molar-refractivity contribution in [3.05, 3.63) is 82.4 Å². The largest absolute Gasteiger partial charge is 0.493 e. The highest BCUT2D eigenvalue weighted by molar-refractivity contribution is 6.30. The zero-order valence-corrected chi connectivity index (χ0v) is 20.8. The van der Waals surface area contributed by atoms with E-state index >= 15 is 0 Å². The second kappa shape index (κ2) is 13.2. The first kappa shape index (κ1) is 25.9. The number of methoxy groups -OCH3 is 1. The second-order valence-corrected chi connectivity index (χ2v) is 7.91. The van der Waals surface area contributed by atoms with Crippen molar-refractivity contribution in [2.75, 3.05) is 20.3 Å². The van der Waals surface area contributed by atoms with Crippen molar-refractivity contribution in [3.8, 4) is 23.0 Å². The van der Waals surface area contributed by atoms with E-state index in [1.54, 1.807) is 37.4 Å². The van der Waals surface area contributed by atoms with Gasteiger partial charge in [-0.05, 0) is 73.0 Å². The molecule has 8 heteroatoms. The highest BCUT2D eigenvalue weighted by Crippen LogP contribution is 2.30. The fourth-order valence-corrected chi connectivity index (χ4v) is 3.36. The third-order valence-corrected chi connectivity index (χ3v) is 5.05. The first-order chi connectivity index (χ1) is 17.0. The number of hydrazone groups is 1. The molecule has 0 aromatic heterocycles. The molecule has 0 bridgehead atoms. The van der Waals surface area contributed by atoms with E-state index in [0.717, 1.165) is 17.5 Å². The quantitative estimate of drug-likeness (QED) is 0.250. The van der Waals surface area contributed by atoms with Crippen LogP contribution in [0.1, 0.15) is 41.8 Å². The smallest absolute Gasteiger partial charge is 0.271 e. The van der Waals surface area contributed by atoms with Gasteiger partial charge in [-0.15, -0.1) is 0 Å². The fraction of sp³-hybridized carbons (Fsp3) is 0.259. The van der Waals surface area contributed by atoms with Crippen LogP contribution >= 0.6 is 11.6 Å². The predicted molar refractivity (Wildman–Crippen MR) is 137 cm³/mol. The molecule has 0 spiro atoms. The lowest BCUT2D eigenvalue weighted by molar-refractivity contribution is 0.0954. The number of benzene rings is 3. The van der Waals surface area contributed by atoms with Crippen LogP contribution in [0.25, 0.3) is 0 Å². The number of nitrogens with one attached hydrogen (secondary N) is 1. The van der Waals surface area contributed by atoms with E-state index in [2.05, 4.69) is 10.5 Å². The Morgan fingerprint density at radius 1 is 0.943 bits per heavy atom. The molecule has 0 aliphatic carbocycles. The predicted octanol–water partition coefficient (Wildman–Crippen LogP) is 5.88. The van der Waals surface area contributed by atoms with Crippen molar-refractivity contribution in [1.82, 2.24) is 5.43 Å². The van der Waals surface area contributed by atoms with Gasteiger partial charge in [-0.3, -0.25) is 4.79 Å². The Morgan fingerprint density at radius 2 is 1.74 bits per heavy atom. The SMILES string of the molecule is CCCOc1ccc(C(=O)N/N=C/c2ccc(OCc3cccc(Cl)c3)c(OC)c2)cc1OCC. The topological polar surface area (TPSA) is 78.4 Å². The summed E-state index contributed by atoms with van der Waals surface area (Å²) in [5.41, 5.74) is 4.63. The van der Waals surface area contributed by atoms with Crippen LogP contribution in [0, 0.1) is 0 Å². The van der Waals surface area contributed by atoms with Crippen LogP contribution in [0.15, 0.2) is 65.8 Å². The van der Waals surface area contributed by atoms with Gasteiger partial charge < -0.3 is 18.9 Å². The summed E-state index contributed by atoms with van der Waals surface area (Å²) in [7, 11) is 1.56. The molecule has 0 atom stereocenters. The fourth-order valence-electron chi connectivity index (χ4n) is 3.15. The number of ether oxygens (including phenoxy) is 4. The van der Waals surface area contributed by atoms with E-state index in [9.17, 15) is 4.79 Å². The molecule has 3 rings (SSSR count). The van der Waals surface area contributed by atoms with Crippen LogP contribution in [0.2, 0.25) is 5.02 Å². The Kier molecular flexibility index (Phi) is 9.80. The molecule has 1 N–H and O–H groups in total. The Morgan fingerprint density at radius 3 is 2.49 bits per heavy atom. The normalized spacial score (nSPS) is 10.7. The number of nitrogens with zero attached hydrogens (tertiary/aromatic N) is 1. The summed E-state index contributed by atoms with van der Waals surface area (Å²) in [6.45, 7) is 5.29. The van der Waals surface area contributed by atoms with Gasteiger partial charge in [-0.1, -0.05) is 30.7 Å². The standard InChI is InChI=1S/C27H29ClN2O5/c1-4-13-34-24-12-10-21(16-26(24)33-5-2)27(31)30-29-17-19-9-11-23(25(15-19)32-3)35-18-20-7-6-8-22(28)14-20/h6-12,14-17H,4-5,13,18H2,1-3H3,(H,30,31)/b29-17+. The number of hydrogen-bond donors (Lipinski definition) is 1. The summed E-state index contributed by atoms with van der Waals surface area (Å²) in [5, 5.41) is 4.72. The van der Waals surface area contributed by atoms with Gasteiger partial charge in [0, 0.05) is 10.6 Å². The minimum atomic E-state index is -0.363. The zero-order chi connectivity index (χ0) is 25.0. The number of amides is 1. The summed E-state index contributed by atoms with van der Waals surface area (Å²) in [5.74, 6) is 1.90. The van der Waals surface area contributed by atoms with Crippen molar-refractivity contribution in [2.24, 2.45) is 5.10 Å². The summed E-state index contributed by atoms with van der Waals surface area (Å²) < 4.78 is 22.6. The summed E-state index contributed by atoms with van der Waals surface area (Å²) >= 11 is 6.03. The molecule has 0 fully saturated rings. The molecule has 0 aliphatic rings. The Bertz CT molecular complexity index is 1170. The van der Waals surface area contributed by atoms with Gasteiger partial charge in [0.1, 0.15) is 6.61 Å². The molecule has 1 amide bonds. The number of carbonyl (C=O) groups excluding carboxylic acids is 1. The summed E-state index contributed by atoms with van der Waals surface area (Å²) in [6, 6.07) is 17.9. The van der Waals surface area contributed by atoms with Crippen molar-refractivity contribution in [2.45, 2.75) is 26.9 Å². The lowest BCUT2D eigenvalue weighted by atomic mass is 10.2. The van der Waals surface area contributed by atoms with Crippen molar-refractivity contribution >= 4 is 23.7 Å². The van der Waals surface area contributed by atoms with E-state index < -0.39 is 0 Å². The van der Waals surface area contributed by atoms with Crippen LogP contribution in [0.5, 0.6) is 23.0 Å². The Balaban J connectivity index is 1.63. The number of rotatable bonds is 12. The van der Waals surface area contributed by atoms with Gasteiger partial charge in [0.15, 0.2) is 23.0 Å². The van der Waals surface area contributed by atoms with Crippen LogP contribution in [-0.4, -0.2) is 32.4 Å². The van der Waals surface area contributed by atoms with Gasteiger partial charge in [0.25, 0.3) is 5.91 Å². The summed E-state index contributed by atoms with van der Waals surface area (Å²) in [6.07, 6.45) is 2.41. The molecule has 3 aromatic rings. The molecule has 184 valence electrons. The van der Waals surface area contributed by atoms with E-state index in [1.165, 1.54) is 6.21 Å². The molecule has 0 unspecified atom stereocenters. The van der Waals surface area contributed by atoms with E-state index in [-0.39, 0.29) is 5.91 Å². The molecule has 0 saturated heterocycles. The molecular weight excluding hydrogens is 468 g/mol. The number of carbonyl (C=O) groups is 1. The maximum Gasteiger partial charge on any atom is 0.271 e. The van der Waals surface area contributed by atoms with Crippen LogP contribution in [-0.2, 0) is 6.61 Å². The van der Waals surface area contributed by atoms with Crippen LogP contribution in [0.4, 0.5) is 0 Å². The Hall–Kier alpha value is -3.71. The maximum absolute atomic E-state index is 12.6. The van der Waals surface area contributed by atoms with Gasteiger partial charge >= 0.3 is 0 Å². The molecule has 35 heavy (non-hydrogen) atoms. The van der Waals surface area contributed by atoms with Gasteiger partial charge in [-0.25, -0.2) is 5.43 Å². The van der Waals surface area contributed by atoms with Crippen LogP contribution < -0.4 is 24.4 Å². The Labute approximate surface area is 210 Å². The molecule has 0 aliphatic heterocycles. The first-order valence-corrected chi connectivity index (χ1v) is 11.7. The van der Waals surface area contributed by atoms with Crippen molar-refractivity contribution in [1.29, 1.82) is 0 Å². The highest BCUT2D eigenvalue weighted by atomic mass is 35.5. The zero-order valence-electron chi connectivity index (χ0n) is 20.0. The van der Waals surface area contributed by atoms with E-state index in [1.807, 2.05) is 44.2 Å². The lowest BCUT2D eigenvalue weighted by Crippen LogP contribution is -2.17. The first-order valence-electron chi connectivity index (χ1n) is 11.3. The molecule has 7 nitrogen and oxygen atoms in total. The third kappa shape index (κ3) is 7.65. The average Bonchev–Trinajstić information content (AvgIpc) is 2.87. The van der Waals surface area contributed by atoms with Crippen molar-refractivity contribution in [3.63, 3.8) is 0 Å². The van der Waals surface area contributed by atoms with Crippen LogP contribution in [0.3, 0.4) is 0 Å². The lowest BCUT2D eigenvalue weighted by Gasteiger charge is -2.12. The number of halogens is 1. The average molecular weight is 497 g/mol.